The normalized spacial score (nSPS) is 16.3. The molecule has 6 nitrogen and oxygen atoms in total. The quantitative estimate of drug-likeness (QED) is 0.851. The lowest BCUT2D eigenvalue weighted by Crippen LogP contribution is -2.28. The van der Waals surface area contributed by atoms with Gasteiger partial charge >= 0.3 is 0 Å². The van der Waals surface area contributed by atoms with Gasteiger partial charge < -0.3 is 19.7 Å². The second-order valence-electron chi connectivity index (χ2n) is 6.72. The van der Waals surface area contributed by atoms with Crippen LogP contribution in [-0.4, -0.2) is 37.5 Å². The molecule has 0 saturated carbocycles. The molecule has 2 aromatic rings. The van der Waals surface area contributed by atoms with E-state index in [0.29, 0.717) is 24.6 Å². The summed E-state index contributed by atoms with van der Waals surface area (Å²) in [5, 5.41) is 2.91. The Labute approximate surface area is 159 Å². The van der Waals surface area contributed by atoms with Crippen LogP contribution in [0.15, 0.2) is 42.5 Å². The zero-order chi connectivity index (χ0) is 19.4. The summed E-state index contributed by atoms with van der Waals surface area (Å²) >= 11 is 0. The van der Waals surface area contributed by atoms with Gasteiger partial charge in [-0.1, -0.05) is 18.2 Å². The highest BCUT2D eigenvalue weighted by Gasteiger charge is 2.34. The van der Waals surface area contributed by atoms with Gasteiger partial charge in [0.25, 0.3) is 0 Å². The van der Waals surface area contributed by atoms with Crippen molar-refractivity contribution >= 4 is 17.5 Å². The maximum absolute atomic E-state index is 12.5. The summed E-state index contributed by atoms with van der Waals surface area (Å²) in [4.78, 5) is 26.6. The molecule has 1 aliphatic heterocycles. The lowest BCUT2D eigenvalue weighted by molar-refractivity contribution is -0.128. The average Bonchev–Trinajstić information content (AvgIpc) is 3.02. The molecule has 0 aromatic heterocycles. The summed E-state index contributed by atoms with van der Waals surface area (Å²) in [7, 11) is 3.16. The fourth-order valence-electron chi connectivity index (χ4n) is 3.27. The molecular formula is C21H24N2O4. The molecule has 0 aliphatic carbocycles. The van der Waals surface area contributed by atoms with Crippen molar-refractivity contribution in [2.24, 2.45) is 5.92 Å². The number of nitrogens with zero attached hydrogens (tertiary/aromatic N) is 1. The SMILES string of the molecule is COc1ccc(CN2CC(C(=O)Nc3cccc(C)c3)CC2=O)cc1OC. The molecule has 1 aliphatic rings. The minimum absolute atomic E-state index is 0.0193. The van der Waals surface area contributed by atoms with E-state index >= 15 is 0 Å². The fraction of sp³-hybridized carbons (Fsp3) is 0.333. The first kappa shape index (κ1) is 18.8. The number of benzene rings is 2. The highest BCUT2D eigenvalue weighted by atomic mass is 16.5. The predicted molar refractivity (Wildman–Crippen MR) is 103 cm³/mol. The number of carbonyl (C=O) groups is 2. The average molecular weight is 368 g/mol. The molecule has 0 radical (unpaired) electrons. The minimum Gasteiger partial charge on any atom is -0.493 e. The maximum Gasteiger partial charge on any atom is 0.229 e. The van der Waals surface area contributed by atoms with Crippen LogP contribution in [0.3, 0.4) is 0 Å². The van der Waals surface area contributed by atoms with E-state index in [-0.39, 0.29) is 24.2 Å². The lowest BCUT2D eigenvalue weighted by Gasteiger charge is -2.18. The number of aryl methyl sites for hydroxylation is 1. The summed E-state index contributed by atoms with van der Waals surface area (Å²) in [5.41, 5.74) is 2.76. The minimum atomic E-state index is -0.349. The molecule has 1 N–H and O–H groups in total. The standard InChI is InChI=1S/C21H24N2O4/c1-14-5-4-6-17(9-14)22-21(25)16-11-20(24)23(13-16)12-15-7-8-18(26-2)19(10-15)27-3/h4-10,16H,11-13H2,1-3H3,(H,22,25). The number of rotatable bonds is 6. The van der Waals surface area contributed by atoms with E-state index in [0.717, 1.165) is 16.8 Å². The van der Waals surface area contributed by atoms with Crippen molar-refractivity contribution in [1.82, 2.24) is 4.90 Å². The Morgan fingerprint density at radius 2 is 1.93 bits per heavy atom. The largest absolute Gasteiger partial charge is 0.493 e. The summed E-state index contributed by atoms with van der Waals surface area (Å²) in [6.45, 7) is 2.82. The van der Waals surface area contributed by atoms with Crippen LogP contribution in [0, 0.1) is 12.8 Å². The molecule has 2 aromatic carbocycles. The Balaban J connectivity index is 1.64. The number of hydrogen-bond acceptors (Lipinski definition) is 4. The van der Waals surface area contributed by atoms with Gasteiger partial charge in [0.15, 0.2) is 11.5 Å². The van der Waals surface area contributed by atoms with Crippen LogP contribution in [0.5, 0.6) is 11.5 Å². The molecule has 27 heavy (non-hydrogen) atoms. The van der Waals surface area contributed by atoms with Crippen molar-refractivity contribution in [3.05, 3.63) is 53.6 Å². The molecule has 1 saturated heterocycles. The van der Waals surface area contributed by atoms with E-state index in [4.69, 9.17) is 9.47 Å². The van der Waals surface area contributed by atoms with E-state index in [1.54, 1.807) is 19.1 Å². The number of hydrogen-bond donors (Lipinski definition) is 1. The van der Waals surface area contributed by atoms with Gasteiger partial charge in [-0.05, 0) is 42.3 Å². The number of anilines is 1. The van der Waals surface area contributed by atoms with Gasteiger partial charge in [0.2, 0.25) is 11.8 Å². The van der Waals surface area contributed by atoms with Crippen LogP contribution in [0.2, 0.25) is 0 Å². The molecule has 1 atom stereocenters. The number of likely N-dealkylation sites (tertiary alicyclic amines) is 1. The van der Waals surface area contributed by atoms with Gasteiger partial charge in [-0.15, -0.1) is 0 Å². The van der Waals surface area contributed by atoms with Crippen LogP contribution >= 0.6 is 0 Å². The maximum atomic E-state index is 12.5. The first-order valence-electron chi connectivity index (χ1n) is 8.86. The number of methoxy groups -OCH3 is 2. The molecule has 0 bridgehead atoms. The summed E-state index contributed by atoms with van der Waals surface area (Å²) < 4.78 is 10.5. The van der Waals surface area contributed by atoms with Crippen molar-refractivity contribution in [2.75, 3.05) is 26.1 Å². The van der Waals surface area contributed by atoms with Crippen LogP contribution in [0.4, 0.5) is 5.69 Å². The second-order valence-corrected chi connectivity index (χ2v) is 6.72. The third-order valence-corrected chi connectivity index (χ3v) is 4.69. The molecule has 0 spiro atoms. The number of nitrogens with one attached hydrogen (secondary N) is 1. The van der Waals surface area contributed by atoms with Gasteiger partial charge in [-0.3, -0.25) is 9.59 Å². The highest BCUT2D eigenvalue weighted by molar-refractivity contribution is 5.97. The number of amides is 2. The Bertz CT molecular complexity index is 850. The van der Waals surface area contributed by atoms with E-state index in [2.05, 4.69) is 5.32 Å². The Hall–Kier alpha value is -3.02. The molecule has 1 unspecified atom stereocenters. The van der Waals surface area contributed by atoms with Crippen molar-refractivity contribution in [3.63, 3.8) is 0 Å². The molecule has 142 valence electrons. The first-order chi connectivity index (χ1) is 13.0. The van der Waals surface area contributed by atoms with E-state index in [1.165, 1.54) is 0 Å². The topological polar surface area (TPSA) is 67.9 Å². The van der Waals surface area contributed by atoms with Crippen LogP contribution in [0.1, 0.15) is 17.5 Å². The third-order valence-electron chi connectivity index (χ3n) is 4.69. The lowest BCUT2D eigenvalue weighted by atomic mass is 10.1. The molecule has 6 heteroatoms. The fourth-order valence-corrected chi connectivity index (χ4v) is 3.27. The van der Waals surface area contributed by atoms with E-state index in [9.17, 15) is 9.59 Å². The molecular weight excluding hydrogens is 344 g/mol. The Morgan fingerprint density at radius 1 is 1.15 bits per heavy atom. The predicted octanol–water partition coefficient (Wildman–Crippen LogP) is 3.00. The van der Waals surface area contributed by atoms with Gasteiger partial charge in [0.05, 0.1) is 20.1 Å². The zero-order valence-corrected chi connectivity index (χ0v) is 15.8. The molecule has 1 fully saturated rings. The Morgan fingerprint density at radius 3 is 2.63 bits per heavy atom. The van der Waals surface area contributed by atoms with Gasteiger partial charge in [-0.25, -0.2) is 0 Å². The summed E-state index contributed by atoms with van der Waals surface area (Å²) in [6, 6.07) is 13.2. The van der Waals surface area contributed by atoms with Crippen LogP contribution in [0.25, 0.3) is 0 Å². The highest BCUT2D eigenvalue weighted by Crippen LogP contribution is 2.29. The molecule has 1 heterocycles. The van der Waals surface area contributed by atoms with Crippen molar-refractivity contribution in [2.45, 2.75) is 19.9 Å². The van der Waals surface area contributed by atoms with Gasteiger partial charge in [0, 0.05) is 25.2 Å². The molecule has 3 rings (SSSR count). The third kappa shape index (κ3) is 4.39. The zero-order valence-electron chi connectivity index (χ0n) is 15.8. The van der Waals surface area contributed by atoms with Crippen molar-refractivity contribution in [1.29, 1.82) is 0 Å². The summed E-state index contributed by atoms with van der Waals surface area (Å²) in [5.74, 6) is 0.774. The number of carbonyl (C=O) groups excluding carboxylic acids is 2. The van der Waals surface area contributed by atoms with E-state index in [1.807, 2.05) is 49.4 Å². The second kappa shape index (κ2) is 8.12. The Kier molecular flexibility index (Phi) is 5.64. The summed E-state index contributed by atoms with van der Waals surface area (Å²) in [6.07, 6.45) is 0.227. The molecule has 2 amide bonds. The van der Waals surface area contributed by atoms with Crippen LogP contribution in [-0.2, 0) is 16.1 Å². The van der Waals surface area contributed by atoms with Crippen molar-refractivity contribution < 1.29 is 19.1 Å². The smallest absolute Gasteiger partial charge is 0.229 e. The number of ether oxygens (including phenoxy) is 2. The van der Waals surface area contributed by atoms with E-state index < -0.39 is 0 Å². The van der Waals surface area contributed by atoms with Gasteiger partial charge in [0.1, 0.15) is 0 Å². The monoisotopic (exact) mass is 368 g/mol. The van der Waals surface area contributed by atoms with Crippen LogP contribution < -0.4 is 14.8 Å². The first-order valence-corrected chi connectivity index (χ1v) is 8.86. The van der Waals surface area contributed by atoms with Gasteiger partial charge in [-0.2, -0.15) is 0 Å². The van der Waals surface area contributed by atoms with Crippen molar-refractivity contribution in [3.8, 4) is 11.5 Å².